The fourth-order valence-corrected chi connectivity index (χ4v) is 0.874. The summed E-state index contributed by atoms with van der Waals surface area (Å²) in [5.41, 5.74) is 0. The van der Waals surface area contributed by atoms with E-state index < -0.39 is 0 Å². The third kappa shape index (κ3) is 9.08. The van der Waals surface area contributed by atoms with Gasteiger partial charge in [-0.3, -0.25) is 0 Å². The molecule has 0 aromatic rings. The Kier molecular flexibility index (Phi) is 9.31. The van der Waals surface area contributed by atoms with E-state index in [1.807, 2.05) is 0 Å². The first kappa shape index (κ1) is 11.1. The van der Waals surface area contributed by atoms with E-state index >= 15 is 0 Å². The van der Waals surface area contributed by atoms with Gasteiger partial charge in [-0.25, -0.2) is 0 Å². The summed E-state index contributed by atoms with van der Waals surface area (Å²) >= 11 is 0. The Balaban J connectivity index is 0.000000211. The molecule has 0 fully saturated rings. The van der Waals surface area contributed by atoms with Crippen LogP contribution in [0.2, 0.25) is 0 Å². The second-order valence-electron chi connectivity index (χ2n) is 2.67. The van der Waals surface area contributed by atoms with E-state index in [0.29, 0.717) is 19.3 Å². The molecule has 0 unspecified atom stereocenters. The molecular weight excluding hydrogens is 152 g/mol. The van der Waals surface area contributed by atoms with Crippen molar-refractivity contribution in [2.45, 2.75) is 38.5 Å². The highest BCUT2D eigenvalue weighted by Crippen LogP contribution is 2.05. The minimum atomic E-state index is 0.513. The molecular formula is C10H16O2. The smallest absolute Gasteiger partial charge is 0.120 e. The van der Waals surface area contributed by atoms with E-state index in [-0.39, 0.29) is 0 Å². The Labute approximate surface area is 73.7 Å². The van der Waals surface area contributed by atoms with Crippen molar-refractivity contribution in [1.29, 1.82) is 0 Å². The number of hydrogen-bond acceptors (Lipinski definition) is 2. The summed E-state index contributed by atoms with van der Waals surface area (Å²) in [6, 6.07) is 0. The molecule has 0 atom stereocenters. The summed E-state index contributed by atoms with van der Waals surface area (Å²) in [7, 11) is 0. The van der Waals surface area contributed by atoms with E-state index in [4.69, 9.17) is 0 Å². The van der Waals surface area contributed by atoms with Crippen LogP contribution in [-0.4, -0.2) is 12.6 Å². The minimum Gasteiger partial charge on any atom is -0.303 e. The first-order valence-electron chi connectivity index (χ1n) is 4.44. The first-order valence-corrected chi connectivity index (χ1v) is 4.44. The second kappa shape index (κ2) is 10.1. The molecule has 1 aliphatic carbocycles. The van der Waals surface area contributed by atoms with Crippen LogP contribution in [0.5, 0.6) is 0 Å². The maximum atomic E-state index is 9.56. The van der Waals surface area contributed by atoms with E-state index in [1.54, 1.807) is 0 Å². The summed E-state index contributed by atoms with van der Waals surface area (Å²) in [6.07, 6.45) is 11.9. The molecule has 0 aromatic heterocycles. The van der Waals surface area contributed by atoms with Gasteiger partial charge in [0.15, 0.2) is 0 Å². The normalized spacial score (nSPS) is 13.3. The summed E-state index contributed by atoms with van der Waals surface area (Å²) in [5, 5.41) is 0. The van der Waals surface area contributed by atoms with Crippen LogP contribution in [0.1, 0.15) is 38.5 Å². The van der Waals surface area contributed by atoms with Gasteiger partial charge in [-0.2, -0.15) is 0 Å². The predicted molar refractivity (Wildman–Crippen MR) is 49.0 cm³/mol. The Hall–Kier alpha value is -0.920. The predicted octanol–water partition coefficient (Wildman–Crippen LogP) is 2.28. The highest BCUT2D eigenvalue weighted by Gasteiger charge is 1.84. The van der Waals surface area contributed by atoms with E-state index in [2.05, 4.69) is 12.2 Å². The van der Waals surface area contributed by atoms with Gasteiger partial charge < -0.3 is 9.59 Å². The monoisotopic (exact) mass is 168 g/mol. The molecule has 0 saturated carbocycles. The van der Waals surface area contributed by atoms with E-state index in [9.17, 15) is 9.59 Å². The average molecular weight is 168 g/mol. The van der Waals surface area contributed by atoms with Gasteiger partial charge in [0.2, 0.25) is 0 Å². The molecule has 0 heterocycles. The van der Waals surface area contributed by atoms with Crippen molar-refractivity contribution in [2.75, 3.05) is 0 Å². The van der Waals surface area contributed by atoms with Crippen LogP contribution >= 0.6 is 0 Å². The zero-order chi connectivity index (χ0) is 9.07. The Morgan fingerprint density at radius 2 is 1.50 bits per heavy atom. The highest BCUT2D eigenvalue weighted by molar-refractivity contribution is 5.52. The number of unbranched alkanes of at least 4 members (excludes halogenated alkanes) is 2. The van der Waals surface area contributed by atoms with Crippen molar-refractivity contribution in [1.82, 2.24) is 0 Å². The van der Waals surface area contributed by atoms with Crippen molar-refractivity contribution in [3.63, 3.8) is 0 Å². The van der Waals surface area contributed by atoms with Crippen LogP contribution in [0, 0.1) is 0 Å². The van der Waals surface area contributed by atoms with Crippen LogP contribution in [0.4, 0.5) is 0 Å². The lowest BCUT2D eigenvalue weighted by atomic mass is 10.3. The molecule has 0 radical (unpaired) electrons. The topological polar surface area (TPSA) is 34.1 Å². The SMILES string of the molecule is C1=CCCC1.O=CCCCC=O. The third-order valence-corrected chi connectivity index (χ3v) is 1.55. The molecule has 1 aliphatic rings. The molecule has 2 heteroatoms. The Morgan fingerprint density at radius 3 is 1.75 bits per heavy atom. The van der Waals surface area contributed by atoms with Gasteiger partial charge in [0.25, 0.3) is 0 Å². The molecule has 0 aromatic carbocycles. The van der Waals surface area contributed by atoms with E-state index in [0.717, 1.165) is 12.6 Å². The largest absolute Gasteiger partial charge is 0.303 e. The molecule has 2 nitrogen and oxygen atoms in total. The van der Waals surface area contributed by atoms with Crippen LogP contribution in [0.25, 0.3) is 0 Å². The number of allylic oxidation sites excluding steroid dienone is 2. The molecule has 68 valence electrons. The molecule has 12 heavy (non-hydrogen) atoms. The minimum absolute atomic E-state index is 0.513. The van der Waals surface area contributed by atoms with Crippen LogP contribution in [0.3, 0.4) is 0 Å². The molecule has 0 aliphatic heterocycles. The number of carbonyl (C=O) groups excluding carboxylic acids is 2. The van der Waals surface area contributed by atoms with Gasteiger partial charge in [0.05, 0.1) is 0 Å². The maximum Gasteiger partial charge on any atom is 0.120 e. The van der Waals surface area contributed by atoms with Crippen LogP contribution in [-0.2, 0) is 9.59 Å². The van der Waals surface area contributed by atoms with Gasteiger partial charge in [-0.05, 0) is 25.7 Å². The summed E-state index contributed by atoms with van der Waals surface area (Å²) < 4.78 is 0. The van der Waals surface area contributed by atoms with Crippen molar-refractivity contribution >= 4 is 12.6 Å². The second-order valence-corrected chi connectivity index (χ2v) is 2.67. The lowest BCUT2D eigenvalue weighted by Crippen LogP contribution is -1.76. The fraction of sp³-hybridized carbons (Fsp3) is 0.600. The maximum absolute atomic E-state index is 9.56. The lowest BCUT2D eigenvalue weighted by molar-refractivity contribution is -0.108. The van der Waals surface area contributed by atoms with Crippen molar-refractivity contribution in [3.8, 4) is 0 Å². The van der Waals surface area contributed by atoms with Crippen molar-refractivity contribution in [2.24, 2.45) is 0 Å². The number of carbonyl (C=O) groups is 2. The number of hydrogen-bond donors (Lipinski definition) is 0. The summed E-state index contributed by atoms with van der Waals surface area (Å²) in [4.78, 5) is 19.1. The number of aldehydes is 2. The van der Waals surface area contributed by atoms with Gasteiger partial charge in [-0.1, -0.05) is 12.2 Å². The lowest BCUT2D eigenvalue weighted by Gasteiger charge is -1.78. The Morgan fingerprint density at radius 1 is 1.00 bits per heavy atom. The standard InChI is InChI=1S/C5H8O2.C5H8/c6-4-2-1-3-5-7;1-2-4-5-3-1/h4-5H,1-3H2;1-2H,3-5H2. The van der Waals surface area contributed by atoms with Gasteiger partial charge >= 0.3 is 0 Å². The first-order chi connectivity index (χ1) is 5.91. The zero-order valence-corrected chi connectivity index (χ0v) is 7.37. The fourth-order valence-electron chi connectivity index (χ4n) is 0.874. The van der Waals surface area contributed by atoms with Gasteiger partial charge in [0.1, 0.15) is 12.6 Å². The molecule has 0 amide bonds. The van der Waals surface area contributed by atoms with Gasteiger partial charge in [0, 0.05) is 12.8 Å². The van der Waals surface area contributed by atoms with Crippen LogP contribution < -0.4 is 0 Å². The average Bonchev–Trinajstić information content (AvgIpc) is 2.62. The molecule has 0 spiro atoms. The third-order valence-electron chi connectivity index (χ3n) is 1.55. The van der Waals surface area contributed by atoms with Crippen LogP contribution in [0.15, 0.2) is 12.2 Å². The summed E-state index contributed by atoms with van der Waals surface area (Å²) in [5.74, 6) is 0. The molecule has 0 bridgehead atoms. The van der Waals surface area contributed by atoms with Crippen molar-refractivity contribution in [3.05, 3.63) is 12.2 Å². The summed E-state index contributed by atoms with van der Waals surface area (Å²) in [6.45, 7) is 0. The quantitative estimate of drug-likeness (QED) is 0.366. The zero-order valence-electron chi connectivity index (χ0n) is 7.37. The highest BCUT2D eigenvalue weighted by atomic mass is 16.1. The van der Waals surface area contributed by atoms with Gasteiger partial charge in [-0.15, -0.1) is 0 Å². The molecule has 1 rings (SSSR count). The molecule has 0 saturated heterocycles. The molecule has 0 N–H and O–H groups in total. The van der Waals surface area contributed by atoms with E-state index in [1.165, 1.54) is 19.3 Å². The number of rotatable bonds is 4. The van der Waals surface area contributed by atoms with Crippen molar-refractivity contribution < 1.29 is 9.59 Å². The Bertz CT molecular complexity index is 125.